The van der Waals surface area contributed by atoms with Crippen molar-refractivity contribution in [2.45, 2.75) is 12.5 Å². The van der Waals surface area contributed by atoms with Gasteiger partial charge in [-0.2, -0.15) is 0 Å². The van der Waals surface area contributed by atoms with Gasteiger partial charge in [-0.25, -0.2) is 0 Å². The Morgan fingerprint density at radius 2 is 2.29 bits per heavy atom. The van der Waals surface area contributed by atoms with Crippen LogP contribution < -0.4 is 10.6 Å². The van der Waals surface area contributed by atoms with Crippen molar-refractivity contribution in [3.8, 4) is 0 Å². The first-order valence-corrected chi connectivity index (χ1v) is 4.94. The van der Waals surface area contributed by atoms with Crippen LogP contribution in [-0.4, -0.2) is 49.4 Å². The van der Waals surface area contributed by atoms with Crippen LogP contribution in [0, 0.1) is 5.92 Å². The van der Waals surface area contributed by atoms with E-state index in [9.17, 15) is 9.59 Å². The second kappa shape index (κ2) is 3.57. The van der Waals surface area contributed by atoms with Gasteiger partial charge in [-0.3, -0.25) is 9.59 Å². The second-order valence-corrected chi connectivity index (χ2v) is 3.87. The maximum Gasteiger partial charge on any atom is 0.225 e. The third kappa shape index (κ3) is 1.48. The van der Waals surface area contributed by atoms with Gasteiger partial charge in [0.05, 0.1) is 12.0 Å². The van der Waals surface area contributed by atoms with Crippen LogP contribution in [0.25, 0.3) is 0 Å². The van der Waals surface area contributed by atoms with E-state index in [0.717, 1.165) is 13.1 Å². The monoisotopic (exact) mass is 197 g/mol. The van der Waals surface area contributed by atoms with Crippen LogP contribution in [0.4, 0.5) is 0 Å². The van der Waals surface area contributed by atoms with Crippen molar-refractivity contribution in [1.82, 2.24) is 15.5 Å². The van der Waals surface area contributed by atoms with E-state index >= 15 is 0 Å². The predicted octanol–water partition coefficient (Wildman–Crippen LogP) is -1.45. The highest BCUT2D eigenvalue weighted by molar-refractivity contribution is 5.89. The number of carbonyl (C=O) groups excluding carboxylic acids is 2. The molecule has 2 amide bonds. The molecule has 5 heteroatoms. The lowest BCUT2D eigenvalue weighted by atomic mass is 10.1. The van der Waals surface area contributed by atoms with Gasteiger partial charge in [-0.15, -0.1) is 0 Å². The van der Waals surface area contributed by atoms with E-state index in [0.29, 0.717) is 19.0 Å². The third-order valence-corrected chi connectivity index (χ3v) is 2.98. The molecule has 1 unspecified atom stereocenters. The van der Waals surface area contributed by atoms with Gasteiger partial charge in [-0.05, 0) is 0 Å². The number of carbonyl (C=O) groups is 2. The number of nitrogens with zero attached hydrogens (tertiary/aromatic N) is 1. The molecule has 14 heavy (non-hydrogen) atoms. The Labute approximate surface area is 82.8 Å². The fraction of sp³-hybridized carbons (Fsp3) is 0.778. The number of rotatable bonds is 2. The number of nitrogens with one attached hydrogen (secondary N) is 2. The molecular weight excluding hydrogens is 182 g/mol. The third-order valence-electron chi connectivity index (χ3n) is 2.98. The van der Waals surface area contributed by atoms with Gasteiger partial charge in [0, 0.05) is 33.1 Å². The minimum Gasteiger partial charge on any atom is -0.359 e. The first-order chi connectivity index (χ1) is 6.72. The lowest BCUT2D eigenvalue weighted by Gasteiger charge is -2.35. The van der Waals surface area contributed by atoms with Crippen molar-refractivity contribution in [3.05, 3.63) is 0 Å². The highest BCUT2D eigenvalue weighted by Crippen LogP contribution is 2.21. The minimum absolute atomic E-state index is 0.0202. The van der Waals surface area contributed by atoms with E-state index in [-0.39, 0.29) is 17.7 Å². The van der Waals surface area contributed by atoms with Crippen LogP contribution in [0.1, 0.15) is 6.42 Å². The van der Waals surface area contributed by atoms with E-state index in [1.54, 1.807) is 7.05 Å². The van der Waals surface area contributed by atoms with Gasteiger partial charge >= 0.3 is 0 Å². The molecule has 0 saturated carbocycles. The Morgan fingerprint density at radius 3 is 2.79 bits per heavy atom. The van der Waals surface area contributed by atoms with Crippen molar-refractivity contribution in [3.63, 3.8) is 0 Å². The zero-order valence-corrected chi connectivity index (χ0v) is 8.25. The molecule has 0 aromatic carbocycles. The molecule has 2 saturated heterocycles. The zero-order chi connectivity index (χ0) is 10.1. The molecule has 2 N–H and O–H groups in total. The van der Waals surface area contributed by atoms with Crippen LogP contribution >= 0.6 is 0 Å². The molecule has 0 aliphatic carbocycles. The summed E-state index contributed by atoms with van der Waals surface area (Å²) < 4.78 is 0. The standard InChI is InChI=1S/C9H15N3O2/c1-10-9(14)6-2-8(13)12(5-6)7-3-11-4-7/h6-7,11H,2-5H2,1H3,(H,10,14). The summed E-state index contributed by atoms with van der Waals surface area (Å²) in [6, 6.07) is 0.317. The second-order valence-electron chi connectivity index (χ2n) is 3.87. The lowest BCUT2D eigenvalue weighted by Crippen LogP contribution is -2.57. The summed E-state index contributed by atoms with van der Waals surface area (Å²) in [6.07, 6.45) is 0.371. The Bertz CT molecular complexity index is 263. The SMILES string of the molecule is CNC(=O)C1CC(=O)N(C2CNC2)C1. The summed E-state index contributed by atoms with van der Waals surface area (Å²) in [5, 5.41) is 5.71. The van der Waals surface area contributed by atoms with Crippen LogP contribution in [0.3, 0.4) is 0 Å². The molecule has 5 nitrogen and oxygen atoms in total. The molecular formula is C9H15N3O2. The average molecular weight is 197 g/mol. The van der Waals surface area contributed by atoms with E-state index in [4.69, 9.17) is 0 Å². The number of hydrogen-bond donors (Lipinski definition) is 2. The molecule has 1 atom stereocenters. The molecule has 0 radical (unpaired) electrons. The van der Waals surface area contributed by atoms with Crippen LogP contribution in [0.2, 0.25) is 0 Å². The van der Waals surface area contributed by atoms with Crippen LogP contribution in [-0.2, 0) is 9.59 Å². The summed E-state index contributed by atoms with van der Waals surface area (Å²) in [5.74, 6) is -0.0497. The summed E-state index contributed by atoms with van der Waals surface area (Å²) in [6.45, 7) is 2.32. The molecule has 2 aliphatic rings. The molecule has 0 spiro atoms. The molecule has 0 bridgehead atoms. The van der Waals surface area contributed by atoms with E-state index in [1.807, 2.05) is 4.90 Å². The molecule has 2 heterocycles. The lowest BCUT2D eigenvalue weighted by molar-refractivity contribution is -0.131. The number of amides is 2. The van der Waals surface area contributed by atoms with E-state index in [2.05, 4.69) is 10.6 Å². The van der Waals surface area contributed by atoms with Gasteiger partial charge in [0.1, 0.15) is 0 Å². The summed E-state index contributed by atoms with van der Waals surface area (Å²) in [5.41, 5.74) is 0. The van der Waals surface area contributed by atoms with Crippen molar-refractivity contribution < 1.29 is 9.59 Å². The van der Waals surface area contributed by atoms with Gasteiger partial charge in [0.15, 0.2) is 0 Å². The fourth-order valence-electron chi connectivity index (χ4n) is 1.96. The van der Waals surface area contributed by atoms with Crippen molar-refractivity contribution >= 4 is 11.8 Å². The Morgan fingerprint density at radius 1 is 1.57 bits per heavy atom. The molecule has 0 aromatic rings. The maximum atomic E-state index is 11.6. The molecule has 78 valence electrons. The minimum atomic E-state index is -0.145. The Balaban J connectivity index is 1.96. The highest BCUT2D eigenvalue weighted by Gasteiger charge is 2.39. The molecule has 2 aliphatic heterocycles. The Hall–Kier alpha value is -1.10. The van der Waals surface area contributed by atoms with Crippen molar-refractivity contribution in [1.29, 1.82) is 0 Å². The van der Waals surface area contributed by atoms with Crippen LogP contribution in [0.5, 0.6) is 0 Å². The Kier molecular flexibility index (Phi) is 2.41. The largest absolute Gasteiger partial charge is 0.359 e. The van der Waals surface area contributed by atoms with E-state index < -0.39 is 0 Å². The molecule has 2 rings (SSSR count). The predicted molar refractivity (Wildman–Crippen MR) is 50.5 cm³/mol. The van der Waals surface area contributed by atoms with Gasteiger partial charge < -0.3 is 15.5 Å². The van der Waals surface area contributed by atoms with E-state index in [1.165, 1.54) is 0 Å². The van der Waals surface area contributed by atoms with Gasteiger partial charge in [0.25, 0.3) is 0 Å². The quantitative estimate of drug-likeness (QED) is 0.569. The normalized spacial score (nSPS) is 27.6. The fourth-order valence-corrected chi connectivity index (χ4v) is 1.96. The molecule has 2 fully saturated rings. The van der Waals surface area contributed by atoms with Gasteiger partial charge in [0.2, 0.25) is 11.8 Å². The van der Waals surface area contributed by atoms with Crippen LogP contribution in [0.15, 0.2) is 0 Å². The average Bonchev–Trinajstić information content (AvgIpc) is 2.44. The molecule has 0 aromatic heterocycles. The number of hydrogen-bond acceptors (Lipinski definition) is 3. The highest BCUT2D eigenvalue weighted by atomic mass is 16.2. The van der Waals surface area contributed by atoms with Gasteiger partial charge in [-0.1, -0.05) is 0 Å². The summed E-state index contributed by atoms with van der Waals surface area (Å²) in [4.78, 5) is 24.7. The first-order valence-electron chi connectivity index (χ1n) is 4.94. The first kappa shape index (κ1) is 9.45. The smallest absolute Gasteiger partial charge is 0.225 e. The van der Waals surface area contributed by atoms with Crippen molar-refractivity contribution in [2.24, 2.45) is 5.92 Å². The van der Waals surface area contributed by atoms with Crippen molar-refractivity contribution in [2.75, 3.05) is 26.7 Å². The number of likely N-dealkylation sites (tertiary alicyclic amines) is 1. The topological polar surface area (TPSA) is 61.4 Å². The zero-order valence-electron chi connectivity index (χ0n) is 8.25. The summed E-state index contributed by atoms with van der Waals surface area (Å²) >= 11 is 0. The maximum absolute atomic E-state index is 11.6. The summed E-state index contributed by atoms with van der Waals surface area (Å²) in [7, 11) is 1.61.